The first-order valence-electron chi connectivity index (χ1n) is 7.60. The molecular weight excluding hydrogens is 335 g/mol. The number of hydrogen-bond donors (Lipinski definition) is 0. The minimum atomic E-state index is -4.48. The van der Waals surface area contributed by atoms with Crippen molar-refractivity contribution in [3.8, 4) is 0 Å². The molecular formula is C17H14F3N3S. The zero-order valence-corrected chi connectivity index (χ0v) is 13.5. The lowest BCUT2D eigenvalue weighted by Gasteiger charge is -2.28. The Bertz CT molecular complexity index is 888. The molecule has 0 spiro atoms. The highest BCUT2D eigenvalue weighted by Crippen LogP contribution is 2.30. The quantitative estimate of drug-likeness (QED) is 0.692. The SMILES string of the molecule is FC(F)(F)c1ncc2c(n1)CCN(Cc1csc3ccccc13)C2. The van der Waals surface area contributed by atoms with Gasteiger partial charge in [-0.3, -0.25) is 4.90 Å². The van der Waals surface area contributed by atoms with E-state index in [1.54, 1.807) is 11.3 Å². The van der Waals surface area contributed by atoms with Gasteiger partial charge < -0.3 is 0 Å². The zero-order valence-electron chi connectivity index (χ0n) is 12.7. The zero-order chi connectivity index (χ0) is 16.7. The van der Waals surface area contributed by atoms with Crippen LogP contribution in [0.4, 0.5) is 13.2 Å². The molecule has 3 heterocycles. The van der Waals surface area contributed by atoms with Crippen molar-refractivity contribution >= 4 is 21.4 Å². The largest absolute Gasteiger partial charge is 0.451 e. The molecule has 0 saturated carbocycles. The summed E-state index contributed by atoms with van der Waals surface area (Å²) in [5.74, 6) is -1.04. The Morgan fingerprint density at radius 1 is 1.21 bits per heavy atom. The molecule has 3 aromatic rings. The normalized spacial score (nSPS) is 15.6. The van der Waals surface area contributed by atoms with E-state index in [2.05, 4.69) is 32.4 Å². The standard InChI is InChI=1S/C17H14F3N3S/c18-17(19,20)16-21-7-11-8-23(6-5-14(11)22-16)9-12-10-24-15-4-2-1-3-13(12)15/h1-4,7,10H,5-6,8-9H2. The molecule has 124 valence electrons. The Morgan fingerprint density at radius 2 is 2.04 bits per heavy atom. The van der Waals surface area contributed by atoms with Gasteiger partial charge in [-0.2, -0.15) is 13.2 Å². The lowest BCUT2D eigenvalue weighted by atomic mass is 10.1. The molecule has 3 nitrogen and oxygen atoms in total. The summed E-state index contributed by atoms with van der Waals surface area (Å²) in [6.45, 7) is 2.06. The smallest absolute Gasteiger partial charge is 0.294 e. The molecule has 0 unspecified atom stereocenters. The second-order valence-corrected chi connectivity index (χ2v) is 6.79. The van der Waals surface area contributed by atoms with Crippen LogP contribution in [0.5, 0.6) is 0 Å². The molecule has 7 heteroatoms. The van der Waals surface area contributed by atoms with E-state index >= 15 is 0 Å². The van der Waals surface area contributed by atoms with Gasteiger partial charge in [0.1, 0.15) is 0 Å². The first-order chi connectivity index (χ1) is 11.5. The molecule has 4 rings (SSSR count). The van der Waals surface area contributed by atoms with Gasteiger partial charge in [-0.15, -0.1) is 11.3 Å². The molecule has 1 aliphatic rings. The van der Waals surface area contributed by atoms with Crippen molar-refractivity contribution in [1.82, 2.24) is 14.9 Å². The van der Waals surface area contributed by atoms with E-state index in [0.717, 1.165) is 12.1 Å². The van der Waals surface area contributed by atoms with Crippen molar-refractivity contribution in [1.29, 1.82) is 0 Å². The second kappa shape index (κ2) is 5.82. The van der Waals surface area contributed by atoms with Crippen LogP contribution in [0, 0.1) is 0 Å². The van der Waals surface area contributed by atoms with Crippen LogP contribution in [-0.2, 0) is 25.7 Å². The monoisotopic (exact) mass is 349 g/mol. The molecule has 0 aliphatic carbocycles. The Labute approximate surface area is 140 Å². The lowest BCUT2D eigenvalue weighted by molar-refractivity contribution is -0.145. The number of hydrogen-bond acceptors (Lipinski definition) is 4. The van der Waals surface area contributed by atoms with E-state index < -0.39 is 12.0 Å². The van der Waals surface area contributed by atoms with Crippen molar-refractivity contribution < 1.29 is 13.2 Å². The molecule has 0 radical (unpaired) electrons. The van der Waals surface area contributed by atoms with Crippen LogP contribution in [0.25, 0.3) is 10.1 Å². The molecule has 0 atom stereocenters. The number of benzene rings is 1. The Kier molecular flexibility index (Phi) is 3.77. The molecule has 1 aliphatic heterocycles. The molecule has 1 aromatic carbocycles. The molecule has 0 saturated heterocycles. The Balaban J connectivity index is 1.54. The minimum absolute atomic E-state index is 0.517. The third-order valence-electron chi connectivity index (χ3n) is 4.22. The maximum Gasteiger partial charge on any atom is 0.451 e. The van der Waals surface area contributed by atoms with Crippen molar-refractivity contribution in [2.24, 2.45) is 0 Å². The van der Waals surface area contributed by atoms with E-state index in [4.69, 9.17) is 0 Å². The van der Waals surface area contributed by atoms with Crippen LogP contribution >= 0.6 is 11.3 Å². The van der Waals surface area contributed by atoms with Crippen LogP contribution in [0.15, 0.2) is 35.8 Å². The predicted molar refractivity (Wildman–Crippen MR) is 86.7 cm³/mol. The maximum absolute atomic E-state index is 12.7. The number of rotatable bonds is 2. The van der Waals surface area contributed by atoms with Crippen LogP contribution < -0.4 is 0 Å². The van der Waals surface area contributed by atoms with Crippen molar-refractivity contribution in [2.45, 2.75) is 25.7 Å². The average molecular weight is 349 g/mol. The van der Waals surface area contributed by atoms with Gasteiger partial charge in [-0.05, 0) is 22.4 Å². The molecule has 24 heavy (non-hydrogen) atoms. The van der Waals surface area contributed by atoms with E-state index in [0.29, 0.717) is 25.2 Å². The highest BCUT2D eigenvalue weighted by molar-refractivity contribution is 7.17. The van der Waals surface area contributed by atoms with Gasteiger partial charge in [0.25, 0.3) is 0 Å². The van der Waals surface area contributed by atoms with E-state index in [-0.39, 0.29) is 0 Å². The first kappa shape index (κ1) is 15.5. The lowest BCUT2D eigenvalue weighted by Crippen LogP contribution is -2.31. The number of halogens is 3. The Hall–Kier alpha value is -1.99. The summed E-state index contributed by atoms with van der Waals surface area (Å²) in [6, 6.07) is 8.26. The number of thiophene rings is 1. The maximum atomic E-state index is 12.7. The van der Waals surface area contributed by atoms with Gasteiger partial charge in [0.05, 0.1) is 5.69 Å². The van der Waals surface area contributed by atoms with E-state index in [9.17, 15) is 13.2 Å². The predicted octanol–water partition coefficient (Wildman–Crippen LogP) is 4.27. The van der Waals surface area contributed by atoms with Crippen LogP contribution in [0.1, 0.15) is 22.6 Å². The number of aromatic nitrogens is 2. The van der Waals surface area contributed by atoms with E-state index in [1.807, 2.05) is 12.1 Å². The topological polar surface area (TPSA) is 29.0 Å². The number of nitrogens with zero attached hydrogens (tertiary/aromatic N) is 3. The summed E-state index contributed by atoms with van der Waals surface area (Å²) in [7, 11) is 0. The fourth-order valence-corrected chi connectivity index (χ4v) is 4.00. The van der Waals surface area contributed by atoms with Gasteiger partial charge >= 0.3 is 6.18 Å². The minimum Gasteiger partial charge on any atom is -0.294 e. The molecule has 0 fully saturated rings. The second-order valence-electron chi connectivity index (χ2n) is 5.88. The molecule has 0 bridgehead atoms. The highest BCUT2D eigenvalue weighted by Gasteiger charge is 2.35. The number of alkyl halides is 3. The summed E-state index contributed by atoms with van der Waals surface area (Å²) in [5, 5.41) is 3.40. The third-order valence-corrected chi connectivity index (χ3v) is 5.23. The van der Waals surface area contributed by atoms with Crippen LogP contribution in [0.3, 0.4) is 0 Å². The molecule has 0 amide bonds. The summed E-state index contributed by atoms with van der Waals surface area (Å²) in [6.07, 6.45) is -2.65. The van der Waals surface area contributed by atoms with Gasteiger partial charge in [-0.1, -0.05) is 18.2 Å². The third kappa shape index (κ3) is 2.89. The fourth-order valence-electron chi connectivity index (χ4n) is 3.04. The van der Waals surface area contributed by atoms with Gasteiger partial charge in [0.2, 0.25) is 5.82 Å². The summed E-state index contributed by atoms with van der Waals surface area (Å²) < 4.78 is 39.4. The van der Waals surface area contributed by atoms with Crippen LogP contribution in [0.2, 0.25) is 0 Å². The molecule has 0 N–H and O–H groups in total. The van der Waals surface area contributed by atoms with Crippen molar-refractivity contribution in [3.05, 3.63) is 58.5 Å². The highest BCUT2D eigenvalue weighted by atomic mass is 32.1. The first-order valence-corrected chi connectivity index (χ1v) is 8.48. The van der Waals surface area contributed by atoms with Gasteiger partial charge in [0, 0.05) is 42.5 Å². The average Bonchev–Trinajstić information content (AvgIpc) is 2.97. The van der Waals surface area contributed by atoms with Gasteiger partial charge in [0.15, 0.2) is 0 Å². The fraction of sp³-hybridized carbons (Fsp3) is 0.294. The Morgan fingerprint density at radius 3 is 2.88 bits per heavy atom. The number of fused-ring (bicyclic) bond motifs is 2. The summed E-state index contributed by atoms with van der Waals surface area (Å²) in [4.78, 5) is 9.42. The van der Waals surface area contributed by atoms with Crippen molar-refractivity contribution in [3.63, 3.8) is 0 Å². The summed E-state index contributed by atoms with van der Waals surface area (Å²) in [5.41, 5.74) is 2.56. The van der Waals surface area contributed by atoms with Crippen molar-refractivity contribution in [2.75, 3.05) is 6.54 Å². The van der Waals surface area contributed by atoms with Crippen LogP contribution in [-0.4, -0.2) is 21.4 Å². The summed E-state index contributed by atoms with van der Waals surface area (Å²) >= 11 is 1.72. The molecule has 2 aromatic heterocycles. The van der Waals surface area contributed by atoms with E-state index in [1.165, 1.54) is 21.8 Å². The van der Waals surface area contributed by atoms with Gasteiger partial charge in [-0.25, -0.2) is 9.97 Å².